The summed E-state index contributed by atoms with van der Waals surface area (Å²) in [6, 6.07) is 0. The van der Waals surface area contributed by atoms with E-state index in [4.69, 9.17) is 38.2 Å². The van der Waals surface area contributed by atoms with Crippen molar-refractivity contribution in [2.24, 2.45) is 10.8 Å². The fourth-order valence-electron chi connectivity index (χ4n) is 2.84. The van der Waals surface area contributed by atoms with Crippen LogP contribution in [-0.4, -0.2) is 117 Å². The molecule has 2 atom stereocenters. The van der Waals surface area contributed by atoms with Gasteiger partial charge in [0.05, 0.1) is 66.1 Å². The molecule has 0 spiro atoms. The Labute approximate surface area is 247 Å². The lowest BCUT2D eigenvalue weighted by Crippen LogP contribution is -2.38. The van der Waals surface area contributed by atoms with Gasteiger partial charge in [0.25, 0.3) is 12.9 Å². The van der Waals surface area contributed by atoms with E-state index in [2.05, 4.69) is 22.6 Å². The first kappa shape index (κ1) is 39.1. The summed E-state index contributed by atoms with van der Waals surface area (Å²) in [5, 5.41) is 0. The topological polar surface area (TPSA) is 161 Å². The van der Waals surface area contributed by atoms with Gasteiger partial charge in [-0.15, -0.1) is 0 Å². The highest BCUT2D eigenvalue weighted by atomic mass is 17.2. The highest BCUT2D eigenvalue weighted by molar-refractivity contribution is 5.87. The molecule has 0 aliphatic carbocycles. The van der Waals surface area contributed by atoms with Gasteiger partial charge in [-0.05, 0) is 13.8 Å². The minimum Gasteiger partial charge on any atom is -0.465 e. The van der Waals surface area contributed by atoms with Crippen LogP contribution in [0.5, 0.6) is 0 Å². The monoisotopic (exact) mass is 606 g/mol. The fraction of sp³-hybridized carbons (Fsp3) is 0.714. The highest BCUT2D eigenvalue weighted by Gasteiger charge is 2.30. The van der Waals surface area contributed by atoms with Gasteiger partial charge >= 0.3 is 11.9 Å². The van der Waals surface area contributed by atoms with Gasteiger partial charge in [-0.3, -0.25) is 9.59 Å². The van der Waals surface area contributed by atoms with E-state index >= 15 is 0 Å². The number of carbonyl (C=O) groups excluding carboxylic acids is 4. The number of hydrogen-bond acceptors (Lipinski definition) is 14. The summed E-state index contributed by atoms with van der Waals surface area (Å²) in [7, 11) is 0. The molecule has 0 radical (unpaired) electrons. The average Bonchev–Trinajstić information content (AvgIpc) is 2.94. The molecule has 0 amide bonds. The molecular formula is C28H46O14. The molecule has 0 aliphatic rings. The zero-order chi connectivity index (χ0) is 31.7. The normalized spacial score (nSPS) is 13.7. The number of rotatable bonds is 29. The second kappa shape index (κ2) is 23.7. The van der Waals surface area contributed by atoms with Crippen molar-refractivity contribution < 1.29 is 66.8 Å². The minimum absolute atomic E-state index is 0.0514. The second-order valence-corrected chi connectivity index (χ2v) is 10.1. The Balaban J connectivity index is 4.89. The third-order valence-corrected chi connectivity index (χ3v) is 5.15. The molecule has 0 aromatic carbocycles. The first-order chi connectivity index (χ1) is 20.0. The molecule has 0 aromatic heterocycles. The first-order valence-corrected chi connectivity index (χ1v) is 13.3. The predicted octanol–water partition coefficient (Wildman–Crippen LogP) is 1.60. The van der Waals surface area contributed by atoms with Gasteiger partial charge in [-0.1, -0.05) is 27.0 Å². The Kier molecular flexibility index (Phi) is 22.0. The Morgan fingerprint density at radius 2 is 0.857 bits per heavy atom. The lowest BCUT2D eigenvalue weighted by atomic mass is 9.94. The van der Waals surface area contributed by atoms with Gasteiger partial charge < -0.3 is 37.9 Å². The van der Waals surface area contributed by atoms with Crippen molar-refractivity contribution >= 4 is 24.9 Å². The number of ether oxygens (including phenoxy) is 8. The van der Waals surface area contributed by atoms with Crippen molar-refractivity contribution in [3.63, 3.8) is 0 Å². The zero-order valence-corrected chi connectivity index (χ0v) is 25.2. The van der Waals surface area contributed by atoms with E-state index in [0.717, 1.165) is 0 Å². The Morgan fingerprint density at radius 3 is 1.14 bits per heavy atom. The molecule has 0 N–H and O–H groups in total. The molecule has 0 fully saturated rings. The van der Waals surface area contributed by atoms with Crippen molar-refractivity contribution in [2.45, 2.75) is 27.7 Å². The molecule has 14 heteroatoms. The maximum atomic E-state index is 11.5. The smallest absolute Gasteiger partial charge is 0.333 e. The van der Waals surface area contributed by atoms with Gasteiger partial charge in [0.1, 0.15) is 26.4 Å². The predicted molar refractivity (Wildman–Crippen MR) is 147 cm³/mol. The molecule has 0 saturated heterocycles. The fourth-order valence-corrected chi connectivity index (χ4v) is 2.84. The minimum atomic E-state index is -0.678. The van der Waals surface area contributed by atoms with E-state index in [0.29, 0.717) is 24.1 Å². The van der Waals surface area contributed by atoms with Gasteiger partial charge in [0.15, 0.2) is 0 Å². The van der Waals surface area contributed by atoms with Crippen molar-refractivity contribution in [2.75, 3.05) is 92.5 Å². The van der Waals surface area contributed by atoms with E-state index in [1.54, 1.807) is 13.8 Å². The molecule has 2 unspecified atom stereocenters. The maximum Gasteiger partial charge on any atom is 0.333 e. The van der Waals surface area contributed by atoms with Crippen LogP contribution in [0, 0.1) is 10.8 Å². The van der Waals surface area contributed by atoms with E-state index in [1.165, 1.54) is 0 Å². The van der Waals surface area contributed by atoms with Crippen LogP contribution in [0.25, 0.3) is 0 Å². The number of esters is 2. The van der Waals surface area contributed by atoms with E-state index < -0.39 is 22.8 Å². The van der Waals surface area contributed by atoms with Gasteiger partial charge in [0.2, 0.25) is 0 Å². The summed E-state index contributed by atoms with van der Waals surface area (Å²) in [4.78, 5) is 54.8. The van der Waals surface area contributed by atoms with Crippen molar-refractivity contribution in [3.05, 3.63) is 24.3 Å². The standard InChI is InChI=1S/C28H46O14/c1-23(2)25(31)39-13-11-35-17-27(5,15-33-7-9-37-21-29)19-41-42-20-28(6,16-34-8-10-38-22-30)18-36-12-14-40-26(32)24(3)4/h21-22H,1,3,7-20H2,2,4-6H3. The van der Waals surface area contributed by atoms with Crippen LogP contribution in [0.3, 0.4) is 0 Å². The highest BCUT2D eigenvalue weighted by Crippen LogP contribution is 2.22. The van der Waals surface area contributed by atoms with Crippen LogP contribution in [0.4, 0.5) is 0 Å². The van der Waals surface area contributed by atoms with Crippen LogP contribution in [0.1, 0.15) is 27.7 Å². The van der Waals surface area contributed by atoms with Gasteiger partial charge in [-0.2, -0.15) is 0 Å². The van der Waals surface area contributed by atoms with Crippen LogP contribution < -0.4 is 0 Å². The molecule has 0 heterocycles. The van der Waals surface area contributed by atoms with E-state index in [9.17, 15) is 19.2 Å². The third kappa shape index (κ3) is 20.9. The maximum absolute atomic E-state index is 11.5. The second-order valence-electron chi connectivity index (χ2n) is 10.1. The average molecular weight is 607 g/mol. The molecule has 0 saturated carbocycles. The Hall–Kier alpha value is -2.88. The van der Waals surface area contributed by atoms with Crippen LogP contribution >= 0.6 is 0 Å². The largest absolute Gasteiger partial charge is 0.465 e. The van der Waals surface area contributed by atoms with Crippen molar-refractivity contribution in [3.8, 4) is 0 Å². The molecule has 42 heavy (non-hydrogen) atoms. The zero-order valence-electron chi connectivity index (χ0n) is 25.2. The Morgan fingerprint density at radius 1 is 0.548 bits per heavy atom. The number of carbonyl (C=O) groups is 4. The summed E-state index contributed by atoms with van der Waals surface area (Å²) in [6.07, 6.45) is 0. The SMILES string of the molecule is C=C(C)C(=O)OCCOCC(C)(COCCOC=O)COOCC(C)(COCCOC=O)COCCOC(=O)C(=C)C. The lowest BCUT2D eigenvalue weighted by Gasteiger charge is -2.31. The summed E-state index contributed by atoms with van der Waals surface area (Å²) in [5.41, 5.74) is -0.774. The summed E-state index contributed by atoms with van der Waals surface area (Å²) in [6.45, 7) is 16.3. The molecule has 14 nitrogen and oxygen atoms in total. The first-order valence-electron chi connectivity index (χ1n) is 13.3. The van der Waals surface area contributed by atoms with Crippen LogP contribution in [-0.2, 0) is 66.8 Å². The molecule has 0 aliphatic heterocycles. The van der Waals surface area contributed by atoms with E-state index in [-0.39, 0.29) is 92.5 Å². The molecule has 0 bridgehead atoms. The van der Waals surface area contributed by atoms with Gasteiger partial charge in [-0.25, -0.2) is 19.4 Å². The van der Waals surface area contributed by atoms with E-state index in [1.807, 2.05) is 13.8 Å². The summed E-state index contributed by atoms with van der Waals surface area (Å²) < 4.78 is 41.9. The molecule has 242 valence electrons. The third-order valence-electron chi connectivity index (χ3n) is 5.15. The van der Waals surface area contributed by atoms with Crippen LogP contribution in [0.15, 0.2) is 24.3 Å². The van der Waals surface area contributed by atoms with Gasteiger partial charge in [0, 0.05) is 22.0 Å². The number of hydrogen-bond donors (Lipinski definition) is 0. The summed E-state index contributed by atoms with van der Waals surface area (Å²) in [5.74, 6) is -1.01. The van der Waals surface area contributed by atoms with Crippen molar-refractivity contribution in [1.29, 1.82) is 0 Å². The van der Waals surface area contributed by atoms with Crippen molar-refractivity contribution in [1.82, 2.24) is 0 Å². The summed E-state index contributed by atoms with van der Waals surface area (Å²) >= 11 is 0. The quantitative estimate of drug-likeness (QED) is 0.0230. The lowest BCUT2D eigenvalue weighted by molar-refractivity contribution is -0.330. The molecule has 0 rings (SSSR count). The Bertz CT molecular complexity index is 750. The molecular weight excluding hydrogens is 560 g/mol. The molecule has 0 aromatic rings. The van der Waals surface area contributed by atoms with Crippen LogP contribution in [0.2, 0.25) is 0 Å².